The number of aromatic nitrogens is 1. The lowest BCUT2D eigenvalue weighted by atomic mass is 10.2. The van der Waals surface area contributed by atoms with Crippen molar-refractivity contribution in [1.29, 1.82) is 0 Å². The Morgan fingerprint density at radius 1 is 1.05 bits per heavy atom. The van der Waals surface area contributed by atoms with E-state index < -0.39 is 12.1 Å². The van der Waals surface area contributed by atoms with E-state index in [0.29, 0.717) is 0 Å². The highest BCUT2D eigenvalue weighted by atomic mass is 19.4. The van der Waals surface area contributed by atoms with Crippen molar-refractivity contribution in [2.75, 3.05) is 0 Å². The van der Waals surface area contributed by atoms with Crippen molar-refractivity contribution < 1.29 is 23.1 Å². The quantitative estimate of drug-likeness (QED) is 0.880. The highest BCUT2D eigenvalue weighted by Crippen LogP contribution is 2.13. The fourth-order valence-electron chi connectivity index (χ4n) is 1.20. The Kier molecular flexibility index (Phi) is 5.58. The summed E-state index contributed by atoms with van der Waals surface area (Å²) < 4.78 is 31.7. The molecule has 0 radical (unpaired) electrons. The molecule has 0 bridgehead atoms. The van der Waals surface area contributed by atoms with E-state index in [1.54, 1.807) is 0 Å². The second kappa shape index (κ2) is 7.18. The molecule has 1 aromatic heterocycles. The van der Waals surface area contributed by atoms with Gasteiger partial charge in [-0.15, -0.1) is 0 Å². The Bertz CT molecular complexity index is 546. The Morgan fingerprint density at radius 2 is 1.65 bits per heavy atom. The molecule has 0 aliphatic rings. The van der Waals surface area contributed by atoms with E-state index in [1.807, 2.05) is 36.5 Å². The SMILES string of the molecule is C(=Cc1ccc[nH]1)c1ccccc1.O=C(O)C(F)(F)F. The minimum atomic E-state index is -5.08. The largest absolute Gasteiger partial charge is 0.490 e. The first kappa shape index (κ1) is 15.6. The molecule has 0 fully saturated rings. The number of rotatable bonds is 2. The van der Waals surface area contributed by atoms with E-state index in [4.69, 9.17) is 9.90 Å². The Morgan fingerprint density at radius 3 is 2.10 bits per heavy atom. The van der Waals surface area contributed by atoms with Gasteiger partial charge in [-0.3, -0.25) is 0 Å². The molecule has 1 aromatic carbocycles. The van der Waals surface area contributed by atoms with Crippen molar-refractivity contribution in [3.05, 3.63) is 59.9 Å². The molecule has 1 heterocycles. The lowest BCUT2D eigenvalue weighted by molar-refractivity contribution is -0.192. The smallest absolute Gasteiger partial charge is 0.475 e. The Labute approximate surface area is 113 Å². The van der Waals surface area contributed by atoms with Gasteiger partial charge in [-0.2, -0.15) is 13.2 Å². The van der Waals surface area contributed by atoms with Crippen LogP contribution in [0.4, 0.5) is 13.2 Å². The number of carboxylic acid groups (broad SMARTS) is 1. The van der Waals surface area contributed by atoms with E-state index in [1.165, 1.54) is 5.56 Å². The third kappa shape index (κ3) is 5.90. The molecule has 0 saturated heterocycles. The summed E-state index contributed by atoms with van der Waals surface area (Å²) in [4.78, 5) is 12.0. The predicted octanol–water partition coefficient (Wildman–Crippen LogP) is 3.82. The number of halogens is 3. The van der Waals surface area contributed by atoms with Gasteiger partial charge >= 0.3 is 12.1 Å². The number of H-pyrrole nitrogens is 1. The molecule has 2 N–H and O–H groups in total. The van der Waals surface area contributed by atoms with Gasteiger partial charge in [0.15, 0.2) is 0 Å². The molecule has 0 aliphatic carbocycles. The van der Waals surface area contributed by atoms with Crippen molar-refractivity contribution >= 4 is 18.1 Å². The highest BCUT2D eigenvalue weighted by Gasteiger charge is 2.38. The summed E-state index contributed by atoms with van der Waals surface area (Å²) in [6, 6.07) is 14.3. The second-order valence-corrected chi connectivity index (χ2v) is 3.67. The van der Waals surface area contributed by atoms with Crippen LogP contribution in [0.25, 0.3) is 12.2 Å². The van der Waals surface area contributed by atoms with Crippen LogP contribution < -0.4 is 0 Å². The molecule has 2 rings (SSSR count). The van der Waals surface area contributed by atoms with Crippen LogP contribution in [-0.4, -0.2) is 22.2 Å². The lowest BCUT2D eigenvalue weighted by Crippen LogP contribution is -2.21. The van der Waals surface area contributed by atoms with Gasteiger partial charge in [-0.25, -0.2) is 4.79 Å². The topological polar surface area (TPSA) is 53.1 Å². The number of carbonyl (C=O) groups is 1. The monoisotopic (exact) mass is 283 g/mol. The number of benzene rings is 1. The standard InChI is InChI=1S/C12H11N.C2HF3O2/c1-2-5-11(6-3-1)8-9-12-7-4-10-13-12;3-2(4,5)1(6)7/h1-10,13H;(H,6,7). The molecule has 0 spiro atoms. The maximum atomic E-state index is 10.6. The molecule has 2 aromatic rings. The fraction of sp³-hybridized carbons (Fsp3) is 0.0714. The third-order valence-corrected chi connectivity index (χ3v) is 2.12. The predicted molar refractivity (Wildman–Crippen MR) is 69.9 cm³/mol. The lowest BCUT2D eigenvalue weighted by Gasteiger charge is -1.93. The van der Waals surface area contributed by atoms with E-state index in [-0.39, 0.29) is 0 Å². The van der Waals surface area contributed by atoms with Crippen molar-refractivity contribution in [2.24, 2.45) is 0 Å². The van der Waals surface area contributed by atoms with E-state index >= 15 is 0 Å². The van der Waals surface area contributed by atoms with Crippen molar-refractivity contribution in [3.63, 3.8) is 0 Å². The average Bonchev–Trinajstić information content (AvgIpc) is 2.90. The minimum absolute atomic E-state index is 1.13. The van der Waals surface area contributed by atoms with Gasteiger partial charge in [0.25, 0.3) is 0 Å². The van der Waals surface area contributed by atoms with E-state index in [9.17, 15) is 13.2 Å². The highest BCUT2D eigenvalue weighted by molar-refractivity contribution is 5.73. The van der Waals surface area contributed by atoms with E-state index in [0.717, 1.165) is 5.69 Å². The zero-order valence-corrected chi connectivity index (χ0v) is 10.3. The third-order valence-electron chi connectivity index (χ3n) is 2.12. The van der Waals surface area contributed by atoms with Crippen LogP contribution in [-0.2, 0) is 4.79 Å². The summed E-state index contributed by atoms with van der Waals surface area (Å²) in [6.07, 6.45) is 0.992. The molecule has 106 valence electrons. The number of aromatic amines is 1. The minimum Gasteiger partial charge on any atom is -0.475 e. The van der Waals surface area contributed by atoms with Crippen LogP contribution in [0.1, 0.15) is 11.3 Å². The zero-order valence-electron chi connectivity index (χ0n) is 10.3. The van der Waals surface area contributed by atoms with E-state index in [2.05, 4.69) is 29.3 Å². The molecule has 6 heteroatoms. The molecule has 20 heavy (non-hydrogen) atoms. The van der Waals surface area contributed by atoms with Crippen LogP contribution in [0.5, 0.6) is 0 Å². The van der Waals surface area contributed by atoms with Gasteiger partial charge in [0.05, 0.1) is 0 Å². The summed E-state index contributed by atoms with van der Waals surface area (Å²) >= 11 is 0. The van der Waals surface area contributed by atoms with Crippen molar-refractivity contribution in [2.45, 2.75) is 6.18 Å². The van der Waals surface area contributed by atoms with Gasteiger partial charge in [0, 0.05) is 11.9 Å². The number of alkyl halides is 3. The summed E-state index contributed by atoms with van der Waals surface area (Å²) in [7, 11) is 0. The number of nitrogens with one attached hydrogen (secondary N) is 1. The summed E-state index contributed by atoms with van der Waals surface area (Å²) in [5.41, 5.74) is 2.35. The van der Waals surface area contributed by atoms with Gasteiger partial charge in [-0.1, -0.05) is 36.4 Å². The van der Waals surface area contributed by atoms with Gasteiger partial charge in [0.1, 0.15) is 0 Å². The molecule has 0 amide bonds. The van der Waals surface area contributed by atoms with Crippen LogP contribution in [0, 0.1) is 0 Å². The normalized spacial score (nSPS) is 10.9. The first-order valence-corrected chi connectivity index (χ1v) is 5.56. The molecular formula is C14H12F3NO2. The van der Waals surface area contributed by atoms with Crippen molar-refractivity contribution in [3.8, 4) is 0 Å². The zero-order chi connectivity index (χ0) is 15.0. The number of carboxylic acids is 1. The summed E-state index contributed by atoms with van der Waals surface area (Å²) in [5.74, 6) is -2.76. The first-order chi connectivity index (χ1) is 9.39. The molecule has 3 nitrogen and oxygen atoms in total. The maximum absolute atomic E-state index is 10.6. The van der Waals surface area contributed by atoms with Crippen molar-refractivity contribution in [1.82, 2.24) is 4.98 Å². The van der Waals surface area contributed by atoms with Crippen LogP contribution in [0.3, 0.4) is 0 Å². The Balaban J connectivity index is 0.000000246. The number of hydrogen-bond donors (Lipinski definition) is 2. The molecule has 0 saturated carbocycles. The average molecular weight is 283 g/mol. The Hall–Kier alpha value is -2.50. The summed E-state index contributed by atoms with van der Waals surface area (Å²) in [5, 5.41) is 7.12. The molecular weight excluding hydrogens is 271 g/mol. The molecule has 0 unspecified atom stereocenters. The summed E-state index contributed by atoms with van der Waals surface area (Å²) in [6.45, 7) is 0. The molecule has 0 aliphatic heterocycles. The fourth-order valence-corrected chi connectivity index (χ4v) is 1.20. The first-order valence-electron chi connectivity index (χ1n) is 5.56. The maximum Gasteiger partial charge on any atom is 0.490 e. The van der Waals surface area contributed by atoms with Gasteiger partial charge in [-0.05, 0) is 23.8 Å². The number of aliphatic carboxylic acids is 1. The number of hydrogen-bond acceptors (Lipinski definition) is 1. The second-order valence-electron chi connectivity index (χ2n) is 3.67. The van der Waals surface area contributed by atoms with Gasteiger partial charge in [0.2, 0.25) is 0 Å². The molecule has 0 atom stereocenters. The van der Waals surface area contributed by atoms with Gasteiger partial charge < -0.3 is 10.1 Å². The van der Waals surface area contributed by atoms with Crippen LogP contribution in [0.15, 0.2) is 48.7 Å². The van der Waals surface area contributed by atoms with Crippen LogP contribution >= 0.6 is 0 Å². The van der Waals surface area contributed by atoms with Crippen LogP contribution in [0.2, 0.25) is 0 Å².